The molecule has 1 saturated carbocycles. The third-order valence-corrected chi connectivity index (χ3v) is 3.99. The van der Waals surface area contributed by atoms with Gasteiger partial charge in [0.2, 0.25) is 0 Å². The van der Waals surface area contributed by atoms with E-state index in [0.717, 1.165) is 11.8 Å². The van der Waals surface area contributed by atoms with Crippen molar-refractivity contribution >= 4 is 0 Å². The van der Waals surface area contributed by atoms with Gasteiger partial charge in [-0.25, -0.2) is 0 Å². The standard InChI is InChI=1S/C17H24/c1-15-9-8-14-17(15)13-7-3-6-12-16-10-4-2-5-11-16/h2,4-5,7,10-11,13,15,17H,3,6,8-9,12,14H2,1H3/b13-7+/t15-,17?/m0/s1. The van der Waals surface area contributed by atoms with Crippen molar-refractivity contribution in [3.8, 4) is 0 Å². The van der Waals surface area contributed by atoms with Crippen molar-refractivity contribution in [1.29, 1.82) is 0 Å². The van der Waals surface area contributed by atoms with Gasteiger partial charge in [-0.3, -0.25) is 0 Å². The third-order valence-electron chi connectivity index (χ3n) is 3.99. The Balaban J connectivity index is 1.64. The first kappa shape index (κ1) is 12.4. The van der Waals surface area contributed by atoms with E-state index in [9.17, 15) is 0 Å². The fourth-order valence-corrected chi connectivity index (χ4v) is 2.80. The van der Waals surface area contributed by atoms with Crippen molar-refractivity contribution in [2.45, 2.75) is 45.4 Å². The van der Waals surface area contributed by atoms with Gasteiger partial charge in [0, 0.05) is 0 Å². The second-order valence-electron chi connectivity index (χ2n) is 5.38. The number of rotatable bonds is 5. The van der Waals surface area contributed by atoms with Gasteiger partial charge in [-0.05, 0) is 43.1 Å². The molecule has 2 rings (SSSR count). The van der Waals surface area contributed by atoms with E-state index in [0.29, 0.717) is 0 Å². The maximum absolute atomic E-state index is 2.47. The molecule has 0 nitrogen and oxygen atoms in total. The molecule has 1 fully saturated rings. The van der Waals surface area contributed by atoms with Crippen LogP contribution in [-0.2, 0) is 6.42 Å². The average molecular weight is 228 g/mol. The van der Waals surface area contributed by atoms with E-state index in [1.165, 1.54) is 44.1 Å². The van der Waals surface area contributed by atoms with Gasteiger partial charge in [0.05, 0.1) is 0 Å². The summed E-state index contributed by atoms with van der Waals surface area (Å²) in [6.07, 6.45) is 12.9. The van der Waals surface area contributed by atoms with Crippen LogP contribution in [0.3, 0.4) is 0 Å². The second kappa shape index (κ2) is 6.64. The predicted octanol–water partition coefficient (Wildman–Crippen LogP) is 5.00. The number of hydrogen-bond acceptors (Lipinski definition) is 0. The molecule has 1 unspecified atom stereocenters. The van der Waals surface area contributed by atoms with Crippen LogP contribution >= 0.6 is 0 Å². The first-order valence-corrected chi connectivity index (χ1v) is 7.07. The van der Waals surface area contributed by atoms with Crippen molar-refractivity contribution in [2.24, 2.45) is 11.8 Å². The number of allylic oxidation sites excluding steroid dienone is 2. The third kappa shape index (κ3) is 4.03. The summed E-state index contributed by atoms with van der Waals surface area (Å²) in [5.74, 6) is 1.78. The van der Waals surface area contributed by atoms with E-state index in [4.69, 9.17) is 0 Å². The predicted molar refractivity (Wildman–Crippen MR) is 75.0 cm³/mol. The summed E-state index contributed by atoms with van der Waals surface area (Å²) in [5.41, 5.74) is 1.47. The fourth-order valence-electron chi connectivity index (χ4n) is 2.80. The lowest BCUT2D eigenvalue weighted by molar-refractivity contribution is 0.502. The van der Waals surface area contributed by atoms with Crippen LogP contribution in [0.25, 0.3) is 0 Å². The molecule has 17 heavy (non-hydrogen) atoms. The Morgan fingerprint density at radius 1 is 1.18 bits per heavy atom. The van der Waals surface area contributed by atoms with Crippen molar-refractivity contribution in [1.82, 2.24) is 0 Å². The van der Waals surface area contributed by atoms with E-state index in [-0.39, 0.29) is 0 Å². The van der Waals surface area contributed by atoms with E-state index >= 15 is 0 Å². The van der Waals surface area contributed by atoms with Gasteiger partial charge in [0.1, 0.15) is 0 Å². The van der Waals surface area contributed by atoms with E-state index in [2.05, 4.69) is 49.4 Å². The maximum Gasteiger partial charge on any atom is -0.0208 e. The molecule has 92 valence electrons. The summed E-state index contributed by atoms with van der Waals surface area (Å²) in [6.45, 7) is 2.39. The first-order chi connectivity index (χ1) is 8.36. The minimum absolute atomic E-state index is 0.867. The lowest BCUT2D eigenvalue weighted by atomic mass is 9.97. The average Bonchev–Trinajstić information content (AvgIpc) is 2.76. The van der Waals surface area contributed by atoms with Gasteiger partial charge < -0.3 is 0 Å². The van der Waals surface area contributed by atoms with Gasteiger partial charge in [0.25, 0.3) is 0 Å². The Morgan fingerprint density at radius 3 is 2.71 bits per heavy atom. The molecule has 0 aliphatic heterocycles. The molecule has 2 atom stereocenters. The minimum Gasteiger partial charge on any atom is -0.0882 e. The lowest BCUT2D eigenvalue weighted by Gasteiger charge is -2.09. The highest BCUT2D eigenvalue weighted by atomic mass is 14.2. The molecule has 0 aromatic heterocycles. The minimum atomic E-state index is 0.867. The van der Waals surface area contributed by atoms with Crippen molar-refractivity contribution in [2.75, 3.05) is 0 Å². The molecule has 0 N–H and O–H groups in total. The maximum atomic E-state index is 2.47. The normalized spacial score (nSPS) is 24.5. The SMILES string of the molecule is C[C@H]1CCCC1/C=C/CCCc1ccccc1. The number of unbranched alkanes of at least 4 members (excludes halogenated alkanes) is 1. The van der Waals surface area contributed by atoms with E-state index in [1.54, 1.807) is 0 Å². The summed E-state index contributed by atoms with van der Waals surface area (Å²) in [6, 6.07) is 10.8. The Hall–Kier alpha value is -1.04. The molecule has 0 spiro atoms. The second-order valence-corrected chi connectivity index (χ2v) is 5.38. The van der Waals surface area contributed by atoms with Crippen molar-refractivity contribution in [3.63, 3.8) is 0 Å². The highest BCUT2D eigenvalue weighted by Gasteiger charge is 2.19. The van der Waals surface area contributed by atoms with E-state index < -0.39 is 0 Å². The summed E-state index contributed by atoms with van der Waals surface area (Å²) in [7, 11) is 0. The molecule has 0 bridgehead atoms. The molecule has 1 aliphatic carbocycles. The largest absolute Gasteiger partial charge is 0.0882 e. The lowest BCUT2D eigenvalue weighted by Crippen LogP contribution is -1.98. The van der Waals surface area contributed by atoms with E-state index in [1.807, 2.05) is 0 Å². The van der Waals surface area contributed by atoms with Crippen LogP contribution in [0.1, 0.15) is 44.6 Å². The molecule has 1 aromatic carbocycles. The smallest absolute Gasteiger partial charge is 0.0208 e. The zero-order valence-corrected chi connectivity index (χ0v) is 10.9. The highest BCUT2D eigenvalue weighted by molar-refractivity contribution is 5.14. The molecule has 1 aromatic rings. The Morgan fingerprint density at radius 2 is 2.00 bits per heavy atom. The molecule has 0 radical (unpaired) electrons. The fraction of sp³-hybridized carbons (Fsp3) is 0.529. The quantitative estimate of drug-likeness (QED) is 0.491. The van der Waals surface area contributed by atoms with Crippen LogP contribution in [0.4, 0.5) is 0 Å². The first-order valence-electron chi connectivity index (χ1n) is 7.07. The van der Waals surface area contributed by atoms with Crippen molar-refractivity contribution < 1.29 is 0 Å². The zero-order chi connectivity index (χ0) is 11.9. The van der Waals surface area contributed by atoms with Crippen LogP contribution < -0.4 is 0 Å². The van der Waals surface area contributed by atoms with Crippen LogP contribution in [0.2, 0.25) is 0 Å². The molecule has 0 heterocycles. The molecular formula is C17H24. The van der Waals surface area contributed by atoms with Crippen LogP contribution in [0, 0.1) is 11.8 Å². The zero-order valence-electron chi connectivity index (χ0n) is 10.9. The number of benzene rings is 1. The van der Waals surface area contributed by atoms with Crippen LogP contribution in [-0.4, -0.2) is 0 Å². The summed E-state index contributed by atoms with van der Waals surface area (Å²) in [5, 5.41) is 0. The Bertz CT molecular complexity index is 336. The van der Waals surface area contributed by atoms with Gasteiger partial charge in [-0.1, -0.05) is 62.2 Å². The number of aryl methyl sites for hydroxylation is 1. The summed E-state index contributed by atoms with van der Waals surface area (Å²) >= 11 is 0. The topological polar surface area (TPSA) is 0 Å². The van der Waals surface area contributed by atoms with Crippen molar-refractivity contribution in [3.05, 3.63) is 48.0 Å². The summed E-state index contributed by atoms with van der Waals surface area (Å²) in [4.78, 5) is 0. The van der Waals surface area contributed by atoms with Crippen LogP contribution in [0.5, 0.6) is 0 Å². The highest BCUT2D eigenvalue weighted by Crippen LogP contribution is 2.32. The van der Waals surface area contributed by atoms with Gasteiger partial charge in [0.15, 0.2) is 0 Å². The monoisotopic (exact) mass is 228 g/mol. The molecule has 1 aliphatic rings. The van der Waals surface area contributed by atoms with Gasteiger partial charge in [-0.2, -0.15) is 0 Å². The molecule has 0 heteroatoms. The molecular weight excluding hydrogens is 204 g/mol. The molecule has 0 amide bonds. The summed E-state index contributed by atoms with van der Waals surface area (Å²) < 4.78 is 0. The number of hydrogen-bond donors (Lipinski definition) is 0. The Labute approximate surface area is 106 Å². The molecule has 0 saturated heterocycles. The Kier molecular flexibility index (Phi) is 4.85. The van der Waals surface area contributed by atoms with Crippen LogP contribution in [0.15, 0.2) is 42.5 Å². The van der Waals surface area contributed by atoms with Gasteiger partial charge in [-0.15, -0.1) is 0 Å². The van der Waals surface area contributed by atoms with Gasteiger partial charge >= 0.3 is 0 Å².